The molecule has 0 aliphatic carbocycles. The van der Waals surface area contributed by atoms with Crippen molar-refractivity contribution in [1.82, 2.24) is 4.90 Å². The quantitative estimate of drug-likeness (QED) is 0.539. The Morgan fingerprint density at radius 3 is 2.92 bits per heavy atom. The molecule has 2 saturated heterocycles. The number of nitrogens with zero attached hydrogens (tertiary/aromatic N) is 1. The van der Waals surface area contributed by atoms with E-state index in [2.05, 4.69) is 0 Å². The van der Waals surface area contributed by atoms with Gasteiger partial charge in [-0.2, -0.15) is 0 Å². The van der Waals surface area contributed by atoms with Crippen LogP contribution in [-0.4, -0.2) is 35.4 Å². The molecular formula is C8H12FNO2. The topological polar surface area (TPSA) is 29.5 Å². The first-order chi connectivity index (χ1) is 5.52. The van der Waals surface area contributed by atoms with E-state index in [1.54, 1.807) is 13.8 Å². The standard InChI is InChI=1S/C8H12FNO2/c1-8(2)10-5(4-12-8)3-6(9)7(10)11/h5-6H,3-4H2,1-2H3/t5?,6-/m0/s1. The maximum atomic E-state index is 12.9. The molecule has 2 aliphatic rings. The summed E-state index contributed by atoms with van der Waals surface area (Å²) in [6, 6.07) is -0.0394. The molecule has 0 saturated carbocycles. The smallest absolute Gasteiger partial charge is 0.259 e. The Morgan fingerprint density at radius 2 is 2.33 bits per heavy atom. The molecule has 12 heavy (non-hydrogen) atoms. The molecule has 1 amide bonds. The van der Waals surface area contributed by atoms with Crippen LogP contribution in [0.5, 0.6) is 0 Å². The van der Waals surface area contributed by atoms with Crippen molar-refractivity contribution in [3.63, 3.8) is 0 Å². The summed E-state index contributed by atoms with van der Waals surface area (Å²) in [7, 11) is 0. The number of rotatable bonds is 0. The maximum Gasteiger partial charge on any atom is 0.259 e. The Labute approximate surface area is 70.5 Å². The third kappa shape index (κ3) is 0.874. The number of fused-ring (bicyclic) bond motifs is 1. The molecule has 3 nitrogen and oxygen atoms in total. The highest BCUT2D eigenvalue weighted by atomic mass is 19.1. The maximum absolute atomic E-state index is 12.9. The molecule has 2 fully saturated rings. The zero-order valence-corrected chi connectivity index (χ0v) is 7.21. The predicted octanol–water partition coefficient (Wildman–Crippen LogP) is 0.692. The van der Waals surface area contributed by atoms with E-state index in [1.807, 2.05) is 0 Å². The molecule has 2 heterocycles. The Kier molecular flexibility index (Phi) is 1.46. The van der Waals surface area contributed by atoms with Crippen LogP contribution in [0.4, 0.5) is 4.39 Å². The van der Waals surface area contributed by atoms with Gasteiger partial charge in [0.25, 0.3) is 5.91 Å². The summed E-state index contributed by atoms with van der Waals surface area (Å²) in [5.74, 6) is -0.414. The van der Waals surface area contributed by atoms with Gasteiger partial charge in [0.15, 0.2) is 6.17 Å². The monoisotopic (exact) mass is 173 g/mol. The second-order valence-electron chi connectivity index (χ2n) is 3.82. The van der Waals surface area contributed by atoms with Crippen molar-refractivity contribution in [2.24, 2.45) is 0 Å². The number of hydrogen-bond donors (Lipinski definition) is 0. The first-order valence-corrected chi connectivity index (χ1v) is 4.13. The molecule has 1 unspecified atom stereocenters. The van der Waals surface area contributed by atoms with Crippen molar-refractivity contribution in [3.05, 3.63) is 0 Å². The van der Waals surface area contributed by atoms with E-state index >= 15 is 0 Å². The van der Waals surface area contributed by atoms with Gasteiger partial charge in [-0.15, -0.1) is 0 Å². The van der Waals surface area contributed by atoms with Gasteiger partial charge in [0.1, 0.15) is 5.72 Å². The Morgan fingerprint density at radius 1 is 1.67 bits per heavy atom. The van der Waals surface area contributed by atoms with Crippen LogP contribution in [0.1, 0.15) is 20.3 Å². The molecular weight excluding hydrogens is 161 g/mol. The van der Waals surface area contributed by atoms with Gasteiger partial charge in [-0.05, 0) is 13.8 Å². The third-order valence-electron chi connectivity index (χ3n) is 2.56. The van der Waals surface area contributed by atoms with Crippen molar-refractivity contribution in [1.29, 1.82) is 0 Å². The molecule has 2 atom stereocenters. The molecule has 0 bridgehead atoms. The van der Waals surface area contributed by atoms with Crippen molar-refractivity contribution in [2.75, 3.05) is 6.61 Å². The van der Waals surface area contributed by atoms with E-state index in [0.29, 0.717) is 13.0 Å². The summed E-state index contributed by atoms with van der Waals surface area (Å²) in [6.07, 6.45) is -1.01. The second kappa shape index (κ2) is 2.19. The van der Waals surface area contributed by atoms with Gasteiger partial charge < -0.3 is 9.64 Å². The molecule has 0 spiro atoms. The van der Waals surface area contributed by atoms with Crippen LogP contribution in [0.2, 0.25) is 0 Å². The zero-order chi connectivity index (χ0) is 8.93. The fraction of sp³-hybridized carbons (Fsp3) is 0.875. The second-order valence-corrected chi connectivity index (χ2v) is 3.82. The van der Waals surface area contributed by atoms with Gasteiger partial charge in [-0.1, -0.05) is 0 Å². The minimum Gasteiger partial charge on any atom is -0.354 e. The van der Waals surface area contributed by atoms with Crippen LogP contribution in [0.25, 0.3) is 0 Å². The summed E-state index contributed by atoms with van der Waals surface area (Å²) < 4.78 is 18.3. The van der Waals surface area contributed by atoms with Crippen molar-refractivity contribution < 1.29 is 13.9 Å². The highest BCUT2D eigenvalue weighted by molar-refractivity contribution is 5.84. The third-order valence-corrected chi connectivity index (χ3v) is 2.56. The highest BCUT2D eigenvalue weighted by Gasteiger charge is 2.51. The summed E-state index contributed by atoms with van der Waals surface area (Å²) in [5, 5.41) is 0. The van der Waals surface area contributed by atoms with Crippen LogP contribution >= 0.6 is 0 Å². The number of alkyl halides is 1. The fourth-order valence-electron chi connectivity index (χ4n) is 1.99. The van der Waals surface area contributed by atoms with E-state index in [0.717, 1.165) is 0 Å². The lowest BCUT2D eigenvalue weighted by Gasteiger charge is -2.28. The molecule has 0 aromatic carbocycles. The van der Waals surface area contributed by atoms with Gasteiger partial charge in [0.05, 0.1) is 12.6 Å². The lowest BCUT2D eigenvalue weighted by Crippen LogP contribution is -2.44. The molecule has 4 heteroatoms. The summed E-state index contributed by atoms with van der Waals surface area (Å²) >= 11 is 0. The number of amides is 1. The highest BCUT2D eigenvalue weighted by Crippen LogP contribution is 2.35. The van der Waals surface area contributed by atoms with E-state index in [4.69, 9.17) is 4.74 Å². The summed E-state index contributed by atoms with van der Waals surface area (Å²) in [5.41, 5.74) is -0.609. The Balaban J connectivity index is 2.27. The van der Waals surface area contributed by atoms with Gasteiger partial charge in [-0.3, -0.25) is 4.79 Å². The number of hydrogen-bond acceptors (Lipinski definition) is 2. The molecule has 68 valence electrons. The molecule has 2 aliphatic heterocycles. The van der Waals surface area contributed by atoms with Crippen LogP contribution in [0, 0.1) is 0 Å². The van der Waals surface area contributed by atoms with Crippen LogP contribution < -0.4 is 0 Å². The number of halogens is 1. The van der Waals surface area contributed by atoms with Gasteiger partial charge >= 0.3 is 0 Å². The minimum absolute atomic E-state index is 0.0394. The van der Waals surface area contributed by atoms with E-state index in [9.17, 15) is 9.18 Å². The first-order valence-electron chi connectivity index (χ1n) is 4.13. The number of carbonyl (C=O) groups excluding carboxylic acids is 1. The van der Waals surface area contributed by atoms with E-state index in [-0.39, 0.29) is 6.04 Å². The number of carbonyl (C=O) groups is 1. The van der Waals surface area contributed by atoms with Crippen molar-refractivity contribution in [2.45, 2.75) is 38.2 Å². The average Bonchev–Trinajstić information content (AvgIpc) is 2.39. The molecule has 0 radical (unpaired) electrons. The SMILES string of the molecule is CC1(C)OCC2C[C@H](F)C(=O)N21. The van der Waals surface area contributed by atoms with Crippen LogP contribution in [-0.2, 0) is 9.53 Å². The average molecular weight is 173 g/mol. The summed E-state index contributed by atoms with van der Waals surface area (Å²) in [4.78, 5) is 12.8. The van der Waals surface area contributed by atoms with Gasteiger partial charge in [-0.25, -0.2) is 4.39 Å². The van der Waals surface area contributed by atoms with Gasteiger partial charge in [0, 0.05) is 6.42 Å². The van der Waals surface area contributed by atoms with Crippen molar-refractivity contribution >= 4 is 5.91 Å². The number of ether oxygens (including phenoxy) is 1. The molecule has 0 aromatic heterocycles. The first kappa shape index (κ1) is 7.98. The normalized spacial score (nSPS) is 38.9. The largest absolute Gasteiger partial charge is 0.354 e. The zero-order valence-electron chi connectivity index (χ0n) is 7.21. The Hall–Kier alpha value is -0.640. The minimum atomic E-state index is -1.31. The molecule has 0 aromatic rings. The summed E-state index contributed by atoms with van der Waals surface area (Å²) in [6.45, 7) is 4.06. The molecule has 2 rings (SSSR count). The predicted molar refractivity (Wildman–Crippen MR) is 40.2 cm³/mol. The van der Waals surface area contributed by atoms with E-state index < -0.39 is 17.8 Å². The fourth-order valence-corrected chi connectivity index (χ4v) is 1.99. The lowest BCUT2D eigenvalue weighted by molar-refractivity contribution is -0.145. The van der Waals surface area contributed by atoms with Gasteiger partial charge in [0.2, 0.25) is 0 Å². The van der Waals surface area contributed by atoms with Crippen LogP contribution in [0.3, 0.4) is 0 Å². The van der Waals surface area contributed by atoms with Crippen molar-refractivity contribution in [3.8, 4) is 0 Å². The Bertz CT molecular complexity index is 229. The molecule has 0 N–H and O–H groups in total. The van der Waals surface area contributed by atoms with E-state index in [1.165, 1.54) is 4.90 Å². The lowest BCUT2D eigenvalue weighted by atomic mass is 10.2. The van der Waals surface area contributed by atoms with Crippen LogP contribution in [0.15, 0.2) is 0 Å².